The number of fused-ring (bicyclic) bond motifs is 1. The van der Waals surface area contributed by atoms with Gasteiger partial charge in [-0.05, 0) is 24.3 Å². The molecule has 26 heavy (non-hydrogen) atoms. The summed E-state index contributed by atoms with van der Waals surface area (Å²) in [5, 5.41) is 5.02. The zero-order chi connectivity index (χ0) is 18.5. The molecule has 3 aromatic rings. The van der Waals surface area contributed by atoms with Gasteiger partial charge in [0.1, 0.15) is 0 Å². The number of hydrogen-bond donors (Lipinski definition) is 1. The van der Waals surface area contributed by atoms with Crippen LogP contribution in [-0.2, 0) is 22.0 Å². The predicted molar refractivity (Wildman–Crippen MR) is 88.5 cm³/mol. The first-order valence-corrected chi connectivity index (χ1v) is 8.44. The highest BCUT2D eigenvalue weighted by Crippen LogP contribution is 2.31. The Bertz CT molecular complexity index is 1090. The number of amides is 1. The average Bonchev–Trinajstić information content (AvgIpc) is 3.16. The highest BCUT2D eigenvalue weighted by atomic mass is 32.2. The first-order chi connectivity index (χ1) is 12.3. The second kappa shape index (κ2) is 5.77. The maximum atomic E-state index is 12.6. The van der Waals surface area contributed by atoms with Crippen LogP contribution in [0.25, 0.3) is 27.2 Å². The van der Waals surface area contributed by atoms with Gasteiger partial charge in [0.25, 0.3) is 5.91 Å². The standard InChI is InChI=1S/C16H9F3N4O2S/c17-16(18,19)11-2-3-12(20-8-11)9-1-4-13-10(5-9)7-21-23(13)15-6-14(24)22-26(15)25/h1-8H,(H,22,24). The number of pyridine rings is 1. The van der Waals surface area contributed by atoms with Crippen molar-refractivity contribution in [3.63, 3.8) is 0 Å². The van der Waals surface area contributed by atoms with E-state index in [1.807, 2.05) is 0 Å². The number of benzene rings is 1. The second-order valence-electron chi connectivity index (χ2n) is 5.48. The van der Waals surface area contributed by atoms with Gasteiger partial charge in [0.2, 0.25) is 0 Å². The lowest BCUT2D eigenvalue weighted by molar-refractivity contribution is -0.137. The number of carbonyl (C=O) groups is 1. The molecule has 1 atom stereocenters. The Balaban J connectivity index is 1.73. The van der Waals surface area contributed by atoms with Crippen molar-refractivity contribution in [2.75, 3.05) is 0 Å². The molecule has 3 heterocycles. The molecule has 132 valence electrons. The average molecular weight is 378 g/mol. The number of nitrogens with zero attached hydrogens (tertiary/aromatic N) is 3. The molecular weight excluding hydrogens is 369 g/mol. The van der Waals surface area contributed by atoms with Crippen molar-refractivity contribution in [2.24, 2.45) is 0 Å². The molecule has 1 N–H and O–H groups in total. The molecule has 2 aromatic heterocycles. The van der Waals surface area contributed by atoms with E-state index in [1.54, 1.807) is 18.2 Å². The van der Waals surface area contributed by atoms with Crippen molar-refractivity contribution in [2.45, 2.75) is 6.18 Å². The van der Waals surface area contributed by atoms with Gasteiger partial charge in [0.05, 0.1) is 23.0 Å². The largest absolute Gasteiger partial charge is 0.417 e. The van der Waals surface area contributed by atoms with E-state index in [1.165, 1.54) is 23.0 Å². The Morgan fingerprint density at radius 1 is 1.12 bits per heavy atom. The van der Waals surface area contributed by atoms with Crippen LogP contribution in [0.3, 0.4) is 0 Å². The maximum absolute atomic E-state index is 12.6. The Morgan fingerprint density at radius 2 is 1.92 bits per heavy atom. The summed E-state index contributed by atoms with van der Waals surface area (Å²) in [5.41, 5.74) is 0.786. The molecule has 0 saturated heterocycles. The van der Waals surface area contributed by atoms with Gasteiger partial charge in [0.15, 0.2) is 16.0 Å². The Labute approximate surface area is 146 Å². The summed E-state index contributed by atoms with van der Waals surface area (Å²) in [6.07, 6.45) is -0.933. The van der Waals surface area contributed by atoms with Crippen LogP contribution in [0.2, 0.25) is 0 Å². The molecule has 0 radical (unpaired) electrons. The molecule has 1 aromatic carbocycles. The monoisotopic (exact) mass is 378 g/mol. The Hall–Kier alpha value is -3.01. The van der Waals surface area contributed by atoms with E-state index in [2.05, 4.69) is 14.8 Å². The lowest BCUT2D eigenvalue weighted by Crippen LogP contribution is -2.17. The smallest absolute Gasteiger partial charge is 0.269 e. The Kier molecular flexibility index (Phi) is 3.65. The van der Waals surface area contributed by atoms with E-state index in [4.69, 9.17) is 0 Å². The molecule has 0 aliphatic carbocycles. The fourth-order valence-corrected chi connectivity index (χ4v) is 3.44. The van der Waals surface area contributed by atoms with Crippen LogP contribution in [0.15, 0.2) is 48.8 Å². The maximum Gasteiger partial charge on any atom is 0.417 e. The summed E-state index contributed by atoms with van der Waals surface area (Å²) in [7, 11) is -1.69. The number of hydrogen-bond acceptors (Lipinski definition) is 4. The summed E-state index contributed by atoms with van der Waals surface area (Å²) in [4.78, 5) is 15.2. The third kappa shape index (κ3) is 2.77. The van der Waals surface area contributed by atoms with Crippen molar-refractivity contribution in [3.05, 3.63) is 54.4 Å². The van der Waals surface area contributed by atoms with Crippen molar-refractivity contribution in [3.8, 4) is 11.3 Å². The van der Waals surface area contributed by atoms with Crippen LogP contribution in [0.5, 0.6) is 0 Å². The van der Waals surface area contributed by atoms with Crippen LogP contribution in [0.1, 0.15) is 5.56 Å². The molecule has 0 fully saturated rings. The van der Waals surface area contributed by atoms with Gasteiger partial charge < -0.3 is 0 Å². The molecule has 0 bridgehead atoms. The molecule has 0 saturated carbocycles. The van der Waals surface area contributed by atoms with E-state index >= 15 is 0 Å². The minimum atomic E-state index is -4.44. The lowest BCUT2D eigenvalue weighted by Gasteiger charge is -2.07. The highest BCUT2D eigenvalue weighted by Gasteiger charge is 2.30. The quantitative estimate of drug-likeness (QED) is 0.744. The number of carbonyl (C=O) groups excluding carboxylic acids is 1. The zero-order valence-corrected chi connectivity index (χ0v) is 13.6. The molecule has 1 aliphatic heterocycles. The summed E-state index contributed by atoms with van der Waals surface area (Å²) in [5.74, 6) is -0.465. The van der Waals surface area contributed by atoms with E-state index in [0.29, 0.717) is 22.2 Å². The van der Waals surface area contributed by atoms with Gasteiger partial charge >= 0.3 is 6.18 Å². The third-order valence-electron chi connectivity index (χ3n) is 3.80. The van der Waals surface area contributed by atoms with Gasteiger partial charge in [-0.2, -0.15) is 18.3 Å². The molecule has 6 nitrogen and oxygen atoms in total. The van der Waals surface area contributed by atoms with Crippen molar-refractivity contribution < 1.29 is 22.2 Å². The third-order valence-corrected chi connectivity index (χ3v) is 4.86. The second-order valence-corrected chi connectivity index (χ2v) is 6.64. The predicted octanol–water partition coefficient (Wildman–Crippen LogP) is 2.71. The van der Waals surface area contributed by atoms with Crippen molar-refractivity contribution in [1.82, 2.24) is 19.5 Å². The molecule has 1 unspecified atom stereocenters. The van der Waals surface area contributed by atoms with Gasteiger partial charge in [-0.15, -0.1) is 0 Å². The number of halogens is 3. The van der Waals surface area contributed by atoms with Crippen molar-refractivity contribution >= 4 is 32.8 Å². The van der Waals surface area contributed by atoms with Crippen LogP contribution in [-0.4, -0.2) is 24.9 Å². The van der Waals surface area contributed by atoms with Gasteiger partial charge in [-0.1, -0.05) is 6.07 Å². The normalized spacial score (nSPS) is 17.4. The molecule has 10 heteroatoms. The molecule has 0 spiro atoms. The first kappa shape index (κ1) is 16.5. The topological polar surface area (TPSA) is 76.9 Å². The zero-order valence-electron chi connectivity index (χ0n) is 12.8. The number of nitrogens with one attached hydrogen (secondary N) is 1. The summed E-state index contributed by atoms with van der Waals surface area (Å²) >= 11 is 0. The molecular formula is C16H9F3N4O2S. The van der Waals surface area contributed by atoms with Gasteiger partial charge in [-0.3, -0.25) is 14.5 Å². The molecule has 1 amide bonds. The molecule has 4 rings (SSSR count). The van der Waals surface area contributed by atoms with Crippen LogP contribution >= 0.6 is 0 Å². The van der Waals surface area contributed by atoms with E-state index in [-0.39, 0.29) is 5.03 Å². The van der Waals surface area contributed by atoms with Crippen LogP contribution in [0, 0.1) is 0 Å². The fourth-order valence-electron chi connectivity index (χ4n) is 2.58. The first-order valence-electron chi connectivity index (χ1n) is 7.29. The number of alkyl halides is 3. The van der Waals surface area contributed by atoms with Crippen LogP contribution < -0.4 is 4.72 Å². The summed E-state index contributed by atoms with van der Waals surface area (Å²) in [6.45, 7) is 0. The van der Waals surface area contributed by atoms with E-state index < -0.39 is 28.6 Å². The number of aromatic nitrogens is 3. The summed E-state index contributed by atoms with van der Waals surface area (Å²) < 4.78 is 53.4. The minimum absolute atomic E-state index is 0.213. The minimum Gasteiger partial charge on any atom is -0.269 e. The van der Waals surface area contributed by atoms with E-state index in [0.717, 1.165) is 12.3 Å². The fraction of sp³-hybridized carbons (Fsp3) is 0.0625. The lowest BCUT2D eigenvalue weighted by atomic mass is 10.1. The highest BCUT2D eigenvalue weighted by molar-refractivity contribution is 7.93. The SMILES string of the molecule is O=C1C=C(n2ncc3cc(-c4ccc(C(F)(F)F)cn4)ccc32)S(=O)N1. The molecule has 1 aliphatic rings. The number of rotatable bonds is 2. The summed E-state index contributed by atoms with van der Waals surface area (Å²) in [6, 6.07) is 7.33. The van der Waals surface area contributed by atoms with Crippen LogP contribution in [0.4, 0.5) is 13.2 Å². The van der Waals surface area contributed by atoms with E-state index in [9.17, 15) is 22.2 Å². The Morgan fingerprint density at radius 3 is 2.54 bits per heavy atom. The van der Waals surface area contributed by atoms with Gasteiger partial charge in [0, 0.05) is 23.2 Å². The van der Waals surface area contributed by atoms with Gasteiger partial charge in [-0.25, -0.2) is 8.89 Å². The van der Waals surface area contributed by atoms with Crippen molar-refractivity contribution in [1.29, 1.82) is 0 Å².